The first-order valence-corrected chi connectivity index (χ1v) is 4.60. The van der Waals surface area contributed by atoms with Gasteiger partial charge in [-0.05, 0) is 18.1 Å². The van der Waals surface area contributed by atoms with Crippen LogP contribution in [0.4, 0.5) is 5.69 Å². The van der Waals surface area contributed by atoms with Gasteiger partial charge in [0.15, 0.2) is 0 Å². The molecule has 0 atom stereocenters. The first-order valence-electron chi connectivity index (χ1n) is 4.60. The van der Waals surface area contributed by atoms with Gasteiger partial charge in [-0.2, -0.15) is 0 Å². The molecule has 1 aliphatic heterocycles. The molecule has 0 bridgehead atoms. The molecule has 1 aromatic rings. The van der Waals surface area contributed by atoms with Crippen molar-refractivity contribution < 1.29 is 9.59 Å². The van der Waals surface area contributed by atoms with E-state index < -0.39 is 11.7 Å². The van der Waals surface area contributed by atoms with Crippen LogP contribution in [-0.2, 0) is 16.0 Å². The summed E-state index contributed by atoms with van der Waals surface area (Å²) in [5, 5.41) is 0. The summed E-state index contributed by atoms with van der Waals surface area (Å²) < 4.78 is 0. The number of hydrogen-bond acceptors (Lipinski definition) is 2. The molecule has 0 saturated heterocycles. The number of carbonyl (C=O) groups is 2. The highest BCUT2D eigenvalue weighted by Gasteiger charge is 2.26. The van der Waals surface area contributed by atoms with Gasteiger partial charge in [0.25, 0.3) is 5.91 Å². The highest BCUT2D eigenvalue weighted by atomic mass is 16.2. The van der Waals surface area contributed by atoms with Crippen molar-refractivity contribution in [2.75, 3.05) is 11.4 Å². The lowest BCUT2D eigenvalue weighted by atomic mass is 10.2. The van der Waals surface area contributed by atoms with Crippen LogP contribution in [0, 0.1) is 0 Å². The molecule has 0 spiro atoms. The van der Waals surface area contributed by atoms with Crippen LogP contribution in [0.15, 0.2) is 24.3 Å². The lowest BCUT2D eigenvalue weighted by molar-refractivity contribution is -0.134. The first kappa shape index (κ1) is 8.94. The number of fused-ring (bicyclic) bond motifs is 1. The molecule has 0 aromatic heterocycles. The van der Waals surface area contributed by atoms with Crippen LogP contribution in [0.1, 0.15) is 12.5 Å². The van der Waals surface area contributed by atoms with Crippen molar-refractivity contribution >= 4 is 17.4 Å². The molecular weight excluding hydrogens is 178 g/mol. The number of ketones is 1. The number of amides is 1. The van der Waals surface area contributed by atoms with Gasteiger partial charge in [-0.1, -0.05) is 18.2 Å². The molecular formula is C11H11NO2. The van der Waals surface area contributed by atoms with Crippen molar-refractivity contribution in [1.82, 2.24) is 0 Å². The van der Waals surface area contributed by atoms with Gasteiger partial charge in [-0.3, -0.25) is 9.59 Å². The Balaban J connectivity index is 2.35. The Hall–Kier alpha value is -1.64. The molecule has 1 heterocycles. The number of anilines is 1. The third kappa shape index (κ3) is 1.31. The molecule has 3 nitrogen and oxygen atoms in total. The third-order valence-electron chi connectivity index (χ3n) is 2.43. The molecule has 0 unspecified atom stereocenters. The number of para-hydroxylation sites is 1. The normalized spacial score (nSPS) is 13.9. The summed E-state index contributed by atoms with van der Waals surface area (Å²) in [6, 6.07) is 7.69. The van der Waals surface area contributed by atoms with Crippen molar-refractivity contribution in [1.29, 1.82) is 0 Å². The predicted molar refractivity (Wildman–Crippen MR) is 53.2 cm³/mol. The number of nitrogens with zero attached hydrogens (tertiary/aromatic N) is 1. The summed E-state index contributed by atoms with van der Waals surface area (Å²) in [6.07, 6.45) is 0.842. The highest BCUT2D eigenvalue weighted by molar-refractivity contribution is 6.40. The molecule has 14 heavy (non-hydrogen) atoms. The van der Waals surface area contributed by atoms with E-state index in [-0.39, 0.29) is 0 Å². The highest BCUT2D eigenvalue weighted by Crippen LogP contribution is 2.27. The second kappa shape index (κ2) is 3.25. The maximum atomic E-state index is 11.5. The Morgan fingerprint density at radius 1 is 1.29 bits per heavy atom. The zero-order chi connectivity index (χ0) is 10.1. The summed E-state index contributed by atoms with van der Waals surface area (Å²) in [4.78, 5) is 24.0. The molecule has 72 valence electrons. The number of benzene rings is 1. The van der Waals surface area contributed by atoms with Gasteiger partial charge in [0.1, 0.15) is 0 Å². The van der Waals surface area contributed by atoms with E-state index in [0.717, 1.165) is 17.7 Å². The first-order chi connectivity index (χ1) is 6.70. The average molecular weight is 189 g/mol. The monoisotopic (exact) mass is 189 g/mol. The van der Waals surface area contributed by atoms with Gasteiger partial charge in [-0.25, -0.2) is 0 Å². The van der Waals surface area contributed by atoms with Gasteiger partial charge in [0.2, 0.25) is 5.78 Å². The van der Waals surface area contributed by atoms with Crippen LogP contribution in [-0.4, -0.2) is 18.2 Å². The molecule has 1 amide bonds. The Morgan fingerprint density at radius 2 is 2.00 bits per heavy atom. The number of Topliss-reactive ketones (excluding diaryl/α,β-unsaturated/α-hetero) is 1. The second-order valence-corrected chi connectivity index (χ2v) is 3.39. The minimum Gasteiger partial charge on any atom is -0.305 e. The van der Waals surface area contributed by atoms with Crippen LogP contribution in [0.5, 0.6) is 0 Å². The van der Waals surface area contributed by atoms with E-state index in [1.165, 1.54) is 6.92 Å². The molecule has 0 aliphatic carbocycles. The van der Waals surface area contributed by atoms with E-state index in [1.54, 1.807) is 4.90 Å². The van der Waals surface area contributed by atoms with E-state index in [4.69, 9.17) is 0 Å². The van der Waals surface area contributed by atoms with Gasteiger partial charge in [0, 0.05) is 19.2 Å². The zero-order valence-corrected chi connectivity index (χ0v) is 7.99. The fraction of sp³-hybridized carbons (Fsp3) is 0.273. The summed E-state index contributed by atoms with van der Waals surface area (Å²) in [6.45, 7) is 1.93. The van der Waals surface area contributed by atoms with Crippen molar-refractivity contribution in [2.45, 2.75) is 13.3 Å². The Bertz CT molecular complexity index is 398. The van der Waals surface area contributed by atoms with Crippen LogP contribution in [0.2, 0.25) is 0 Å². The zero-order valence-electron chi connectivity index (χ0n) is 7.99. The largest absolute Gasteiger partial charge is 0.305 e. The van der Waals surface area contributed by atoms with E-state index in [1.807, 2.05) is 24.3 Å². The SMILES string of the molecule is CC(=O)C(=O)N1CCc2ccccc21. The quantitative estimate of drug-likeness (QED) is 0.622. The van der Waals surface area contributed by atoms with Crippen molar-refractivity contribution in [3.05, 3.63) is 29.8 Å². The van der Waals surface area contributed by atoms with E-state index in [9.17, 15) is 9.59 Å². The fourth-order valence-corrected chi connectivity index (χ4v) is 1.74. The molecule has 2 rings (SSSR count). The van der Waals surface area contributed by atoms with Crippen molar-refractivity contribution in [2.24, 2.45) is 0 Å². The smallest absolute Gasteiger partial charge is 0.294 e. The second-order valence-electron chi connectivity index (χ2n) is 3.39. The Morgan fingerprint density at radius 3 is 2.71 bits per heavy atom. The maximum Gasteiger partial charge on any atom is 0.294 e. The molecule has 3 heteroatoms. The lowest BCUT2D eigenvalue weighted by Gasteiger charge is -2.14. The van der Waals surface area contributed by atoms with Crippen LogP contribution < -0.4 is 4.90 Å². The third-order valence-corrected chi connectivity index (χ3v) is 2.43. The Kier molecular flexibility index (Phi) is 2.08. The molecule has 1 aromatic carbocycles. The number of hydrogen-bond donors (Lipinski definition) is 0. The van der Waals surface area contributed by atoms with Gasteiger partial charge in [-0.15, -0.1) is 0 Å². The Labute approximate surface area is 82.3 Å². The summed E-state index contributed by atoms with van der Waals surface area (Å²) >= 11 is 0. The minimum atomic E-state index is -0.407. The van der Waals surface area contributed by atoms with Crippen LogP contribution in [0.25, 0.3) is 0 Å². The molecule has 1 aliphatic rings. The van der Waals surface area contributed by atoms with E-state index in [2.05, 4.69) is 0 Å². The van der Waals surface area contributed by atoms with Crippen LogP contribution in [0.3, 0.4) is 0 Å². The standard InChI is InChI=1S/C11H11NO2/c1-8(13)11(14)12-7-6-9-4-2-3-5-10(9)12/h2-5H,6-7H2,1H3. The lowest BCUT2D eigenvalue weighted by Crippen LogP contribution is -2.33. The molecule has 0 N–H and O–H groups in total. The average Bonchev–Trinajstić information content (AvgIpc) is 2.60. The van der Waals surface area contributed by atoms with E-state index in [0.29, 0.717) is 6.54 Å². The van der Waals surface area contributed by atoms with Crippen molar-refractivity contribution in [3.63, 3.8) is 0 Å². The molecule has 0 saturated carbocycles. The van der Waals surface area contributed by atoms with Gasteiger partial charge in [0.05, 0.1) is 0 Å². The topological polar surface area (TPSA) is 37.4 Å². The summed E-state index contributed by atoms with van der Waals surface area (Å²) in [7, 11) is 0. The number of rotatable bonds is 1. The number of carbonyl (C=O) groups excluding carboxylic acids is 2. The molecule has 0 fully saturated rings. The van der Waals surface area contributed by atoms with E-state index >= 15 is 0 Å². The molecule has 0 radical (unpaired) electrons. The predicted octanol–water partition coefficient (Wildman–Crippen LogP) is 1.16. The van der Waals surface area contributed by atoms with Crippen LogP contribution >= 0.6 is 0 Å². The summed E-state index contributed by atoms with van der Waals surface area (Å²) in [5.74, 6) is -0.809. The van der Waals surface area contributed by atoms with Gasteiger partial charge >= 0.3 is 0 Å². The maximum absolute atomic E-state index is 11.5. The van der Waals surface area contributed by atoms with Crippen molar-refractivity contribution in [3.8, 4) is 0 Å². The van der Waals surface area contributed by atoms with Gasteiger partial charge < -0.3 is 4.90 Å². The fourth-order valence-electron chi connectivity index (χ4n) is 1.74. The minimum absolute atomic E-state index is 0.401. The summed E-state index contributed by atoms with van der Waals surface area (Å²) in [5.41, 5.74) is 2.02.